The number of nitrogens with zero attached hydrogens (tertiary/aromatic N) is 4. The SMILES string of the molecule is Cc1nc(N=NC(=O)Oc2ccccc2)sc1-c1ccnc(C(C)(C)C(F)(F)F)c1. The molecular weight excluding hydrogens is 417 g/mol. The fraction of sp³-hybridized carbons (Fsp3) is 0.250. The highest BCUT2D eigenvalue weighted by Crippen LogP contribution is 2.41. The predicted octanol–water partition coefficient (Wildman–Crippen LogP) is 6.64. The van der Waals surface area contributed by atoms with Gasteiger partial charge in [-0.05, 0) is 50.6 Å². The second-order valence-electron chi connectivity index (χ2n) is 6.84. The van der Waals surface area contributed by atoms with Gasteiger partial charge in [0.2, 0.25) is 5.13 Å². The molecule has 3 rings (SSSR count). The summed E-state index contributed by atoms with van der Waals surface area (Å²) in [5.41, 5.74) is -1.13. The van der Waals surface area contributed by atoms with Crippen molar-refractivity contribution in [1.29, 1.82) is 0 Å². The number of para-hydroxylation sites is 1. The van der Waals surface area contributed by atoms with E-state index in [1.807, 2.05) is 0 Å². The quantitative estimate of drug-likeness (QED) is 0.432. The summed E-state index contributed by atoms with van der Waals surface area (Å²) in [6.07, 6.45) is -4.02. The van der Waals surface area contributed by atoms with E-state index in [0.717, 1.165) is 25.2 Å². The van der Waals surface area contributed by atoms with Crippen molar-refractivity contribution in [2.24, 2.45) is 10.2 Å². The summed E-state index contributed by atoms with van der Waals surface area (Å²) in [6.45, 7) is 3.86. The van der Waals surface area contributed by atoms with Gasteiger partial charge in [-0.25, -0.2) is 9.78 Å². The number of rotatable bonds is 4. The predicted molar refractivity (Wildman–Crippen MR) is 106 cm³/mol. The van der Waals surface area contributed by atoms with Gasteiger partial charge in [0.1, 0.15) is 11.2 Å². The molecule has 0 atom stereocenters. The van der Waals surface area contributed by atoms with Crippen LogP contribution in [-0.2, 0) is 5.41 Å². The van der Waals surface area contributed by atoms with Crippen molar-refractivity contribution >= 4 is 22.6 Å². The third-order valence-electron chi connectivity index (χ3n) is 4.32. The molecule has 0 aliphatic carbocycles. The largest absolute Gasteiger partial charge is 0.457 e. The molecule has 30 heavy (non-hydrogen) atoms. The van der Waals surface area contributed by atoms with Crippen LogP contribution in [-0.4, -0.2) is 22.2 Å². The van der Waals surface area contributed by atoms with E-state index in [9.17, 15) is 18.0 Å². The number of azo groups is 1. The first kappa shape index (κ1) is 21.6. The second-order valence-corrected chi connectivity index (χ2v) is 7.82. The van der Waals surface area contributed by atoms with E-state index in [2.05, 4.69) is 20.2 Å². The summed E-state index contributed by atoms with van der Waals surface area (Å²) >= 11 is 1.10. The number of hydrogen-bond donors (Lipinski definition) is 0. The zero-order valence-electron chi connectivity index (χ0n) is 16.3. The number of carbonyl (C=O) groups is 1. The molecule has 0 spiro atoms. The van der Waals surface area contributed by atoms with Crippen molar-refractivity contribution in [3.63, 3.8) is 0 Å². The number of ether oxygens (including phenoxy) is 1. The molecule has 2 aromatic heterocycles. The Morgan fingerprint density at radius 1 is 1.13 bits per heavy atom. The minimum absolute atomic E-state index is 0.102. The zero-order valence-corrected chi connectivity index (χ0v) is 17.1. The van der Waals surface area contributed by atoms with Crippen LogP contribution < -0.4 is 4.74 Å². The summed E-state index contributed by atoms with van der Waals surface area (Å²) in [6, 6.07) is 11.4. The normalized spacial score (nSPS) is 12.3. The van der Waals surface area contributed by atoms with Crippen LogP contribution in [0.2, 0.25) is 0 Å². The lowest BCUT2D eigenvalue weighted by atomic mass is 9.87. The Morgan fingerprint density at radius 3 is 2.50 bits per heavy atom. The molecule has 6 nitrogen and oxygen atoms in total. The average Bonchev–Trinajstić information content (AvgIpc) is 3.07. The molecule has 0 unspecified atom stereocenters. The Morgan fingerprint density at radius 2 is 1.83 bits per heavy atom. The van der Waals surface area contributed by atoms with Crippen LogP contribution in [0, 0.1) is 6.92 Å². The van der Waals surface area contributed by atoms with Gasteiger partial charge in [0, 0.05) is 6.20 Å². The van der Waals surface area contributed by atoms with Gasteiger partial charge >= 0.3 is 12.3 Å². The summed E-state index contributed by atoms with van der Waals surface area (Å²) in [4.78, 5) is 20.5. The van der Waals surface area contributed by atoms with Crippen LogP contribution in [0.5, 0.6) is 5.75 Å². The van der Waals surface area contributed by atoms with Crippen molar-refractivity contribution in [2.45, 2.75) is 32.4 Å². The summed E-state index contributed by atoms with van der Waals surface area (Å²) in [5, 5.41) is 7.44. The van der Waals surface area contributed by atoms with Crippen molar-refractivity contribution < 1.29 is 22.7 Å². The highest BCUT2D eigenvalue weighted by Gasteiger charge is 2.49. The number of pyridine rings is 1. The van der Waals surface area contributed by atoms with Crippen LogP contribution in [0.1, 0.15) is 25.2 Å². The van der Waals surface area contributed by atoms with Crippen molar-refractivity contribution in [1.82, 2.24) is 9.97 Å². The lowest BCUT2D eigenvalue weighted by Gasteiger charge is -2.27. The maximum Gasteiger partial charge on any atom is 0.457 e. The first-order chi connectivity index (χ1) is 14.1. The second kappa shape index (κ2) is 8.31. The van der Waals surface area contributed by atoms with Gasteiger partial charge in [0.05, 0.1) is 16.3 Å². The molecule has 10 heteroatoms. The number of halogens is 3. The Kier molecular flexibility index (Phi) is 5.97. The van der Waals surface area contributed by atoms with Gasteiger partial charge in [0.25, 0.3) is 0 Å². The van der Waals surface area contributed by atoms with E-state index in [-0.39, 0.29) is 10.8 Å². The highest BCUT2D eigenvalue weighted by molar-refractivity contribution is 7.18. The highest BCUT2D eigenvalue weighted by atomic mass is 32.1. The number of thiazole rings is 1. The summed E-state index contributed by atoms with van der Waals surface area (Å²) in [7, 11) is 0. The van der Waals surface area contributed by atoms with Crippen LogP contribution in [0.3, 0.4) is 0 Å². The average molecular weight is 434 g/mol. The molecule has 0 fully saturated rings. The Labute approximate surface area is 174 Å². The van der Waals surface area contributed by atoms with Gasteiger partial charge in [-0.1, -0.05) is 34.7 Å². The first-order valence-corrected chi connectivity index (χ1v) is 9.59. The van der Waals surface area contributed by atoms with Crippen LogP contribution in [0.4, 0.5) is 23.1 Å². The fourth-order valence-electron chi connectivity index (χ4n) is 2.44. The van der Waals surface area contributed by atoms with Gasteiger partial charge in [-0.3, -0.25) is 4.98 Å². The third kappa shape index (κ3) is 4.70. The first-order valence-electron chi connectivity index (χ1n) is 8.77. The maximum atomic E-state index is 13.3. The summed E-state index contributed by atoms with van der Waals surface area (Å²) < 4.78 is 45.0. The minimum Gasteiger partial charge on any atom is -0.408 e. The third-order valence-corrected chi connectivity index (χ3v) is 5.41. The molecule has 0 saturated carbocycles. The molecular formula is C20H17F3N4O2S. The van der Waals surface area contributed by atoms with E-state index in [1.165, 1.54) is 12.3 Å². The minimum atomic E-state index is -4.44. The number of carbonyl (C=O) groups excluding carboxylic acids is 1. The van der Waals surface area contributed by atoms with E-state index in [1.54, 1.807) is 43.3 Å². The Balaban J connectivity index is 1.81. The molecule has 0 bridgehead atoms. The number of benzene rings is 1. The number of aryl methyl sites for hydroxylation is 1. The Hall–Kier alpha value is -3.14. The number of alkyl halides is 3. The monoisotopic (exact) mass is 434 g/mol. The number of hydrogen-bond acceptors (Lipinski definition) is 6. The molecule has 1 aromatic carbocycles. The molecule has 3 aromatic rings. The van der Waals surface area contributed by atoms with Crippen molar-refractivity contribution in [3.05, 3.63) is 60.0 Å². The molecule has 2 heterocycles. The molecule has 1 amide bonds. The molecule has 0 aliphatic heterocycles. The standard InChI is InChI=1S/C20H17F3N4O2S/c1-12-16(13-9-10-24-15(11-13)19(2,3)20(21,22)23)30-17(25-12)26-27-18(28)29-14-7-5-4-6-8-14/h4-11H,1-3H3. The molecule has 0 N–H and O–H groups in total. The smallest absolute Gasteiger partial charge is 0.408 e. The fourth-order valence-corrected chi connectivity index (χ4v) is 3.33. The van der Waals surface area contributed by atoms with E-state index in [0.29, 0.717) is 21.9 Å². The lowest BCUT2D eigenvalue weighted by molar-refractivity contribution is -0.181. The van der Waals surface area contributed by atoms with Crippen molar-refractivity contribution in [2.75, 3.05) is 0 Å². The van der Waals surface area contributed by atoms with Gasteiger partial charge in [-0.2, -0.15) is 13.2 Å². The van der Waals surface area contributed by atoms with E-state index < -0.39 is 17.7 Å². The molecule has 0 radical (unpaired) electrons. The lowest BCUT2D eigenvalue weighted by Crippen LogP contribution is -2.37. The number of aromatic nitrogens is 2. The zero-order chi connectivity index (χ0) is 21.9. The van der Waals surface area contributed by atoms with Crippen LogP contribution in [0.25, 0.3) is 10.4 Å². The topological polar surface area (TPSA) is 76.8 Å². The number of amides is 1. The van der Waals surface area contributed by atoms with Gasteiger partial charge in [0.15, 0.2) is 0 Å². The van der Waals surface area contributed by atoms with Crippen LogP contribution in [0.15, 0.2) is 58.9 Å². The molecule has 0 saturated heterocycles. The van der Waals surface area contributed by atoms with E-state index in [4.69, 9.17) is 4.74 Å². The maximum absolute atomic E-state index is 13.3. The molecule has 0 aliphatic rings. The van der Waals surface area contributed by atoms with Crippen molar-refractivity contribution in [3.8, 4) is 16.2 Å². The van der Waals surface area contributed by atoms with Gasteiger partial charge in [-0.15, -0.1) is 5.11 Å². The van der Waals surface area contributed by atoms with Crippen LogP contribution >= 0.6 is 11.3 Å². The van der Waals surface area contributed by atoms with Gasteiger partial charge < -0.3 is 4.74 Å². The molecule has 156 valence electrons. The Bertz CT molecular complexity index is 1080. The summed E-state index contributed by atoms with van der Waals surface area (Å²) in [5.74, 6) is 0.328. The van der Waals surface area contributed by atoms with E-state index >= 15 is 0 Å².